The standard InChI is InChI=1S/C8H12OS/c1-8(2,3)6-4-5-10-7(6)9/h4-5,9H,1-3H3. The van der Waals surface area contributed by atoms with Crippen LogP contribution in [0.4, 0.5) is 0 Å². The van der Waals surface area contributed by atoms with Crippen LogP contribution in [0.3, 0.4) is 0 Å². The second-order valence-corrected chi connectivity index (χ2v) is 4.28. The van der Waals surface area contributed by atoms with E-state index in [2.05, 4.69) is 20.8 Å². The van der Waals surface area contributed by atoms with E-state index in [0.717, 1.165) is 5.56 Å². The number of thiophene rings is 1. The minimum atomic E-state index is 0.0735. The molecule has 1 aromatic rings. The Morgan fingerprint density at radius 1 is 1.40 bits per heavy atom. The second-order valence-electron chi connectivity index (χ2n) is 3.39. The molecule has 1 N–H and O–H groups in total. The van der Waals surface area contributed by atoms with Gasteiger partial charge in [-0.25, -0.2) is 0 Å². The van der Waals surface area contributed by atoms with Crippen LogP contribution in [-0.4, -0.2) is 5.11 Å². The molecule has 0 radical (unpaired) electrons. The first-order valence-electron chi connectivity index (χ1n) is 3.29. The Kier molecular flexibility index (Phi) is 1.73. The first-order chi connectivity index (χ1) is 4.52. The molecule has 0 aromatic carbocycles. The zero-order valence-corrected chi connectivity index (χ0v) is 7.33. The van der Waals surface area contributed by atoms with Crippen LogP contribution in [0.25, 0.3) is 0 Å². The van der Waals surface area contributed by atoms with Crippen LogP contribution in [0.5, 0.6) is 5.06 Å². The van der Waals surface area contributed by atoms with Gasteiger partial charge in [-0.1, -0.05) is 20.8 Å². The van der Waals surface area contributed by atoms with Crippen LogP contribution in [0, 0.1) is 0 Å². The van der Waals surface area contributed by atoms with Crippen molar-refractivity contribution in [3.63, 3.8) is 0 Å². The Hall–Kier alpha value is -0.500. The van der Waals surface area contributed by atoms with Crippen LogP contribution >= 0.6 is 11.3 Å². The second kappa shape index (κ2) is 2.27. The monoisotopic (exact) mass is 156 g/mol. The summed E-state index contributed by atoms with van der Waals surface area (Å²) in [5.74, 6) is 0. The molecule has 0 saturated carbocycles. The van der Waals surface area contributed by atoms with E-state index >= 15 is 0 Å². The predicted molar refractivity (Wildman–Crippen MR) is 44.7 cm³/mol. The molecule has 0 aliphatic carbocycles. The maximum atomic E-state index is 9.30. The molecule has 0 saturated heterocycles. The van der Waals surface area contributed by atoms with E-state index in [1.807, 2.05) is 11.4 Å². The van der Waals surface area contributed by atoms with E-state index in [9.17, 15) is 5.11 Å². The minimum absolute atomic E-state index is 0.0735. The highest BCUT2D eigenvalue weighted by atomic mass is 32.1. The van der Waals surface area contributed by atoms with Gasteiger partial charge in [0.05, 0.1) is 0 Å². The van der Waals surface area contributed by atoms with Gasteiger partial charge in [-0.05, 0) is 16.9 Å². The maximum absolute atomic E-state index is 9.30. The van der Waals surface area contributed by atoms with Gasteiger partial charge in [-0.2, -0.15) is 0 Å². The largest absolute Gasteiger partial charge is 0.499 e. The molecule has 0 bridgehead atoms. The topological polar surface area (TPSA) is 20.2 Å². The molecule has 0 aliphatic rings. The summed E-state index contributed by atoms with van der Waals surface area (Å²) in [7, 11) is 0. The third kappa shape index (κ3) is 1.32. The fourth-order valence-electron chi connectivity index (χ4n) is 0.872. The summed E-state index contributed by atoms with van der Waals surface area (Å²) in [4.78, 5) is 0. The number of hydrogen-bond donors (Lipinski definition) is 1. The summed E-state index contributed by atoms with van der Waals surface area (Å²) in [5, 5.41) is 11.7. The molecule has 1 nitrogen and oxygen atoms in total. The van der Waals surface area contributed by atoms with Crippen molar-refractivity contribution in [2.45, 2.75) is 26.2 Å². The summed E-state index contributed by atoms with van der Waals surface area (Å²) >= 11 is 1.39. The van der Waals surface area contributed by atoms with Gasteiger partial charge in [0.25, 0.3) is 0 Å². The fourth-order valence-corrected chi connectivity index (χ4v) is 1.71. The molecule has 0 atom stereocenters. The molecule has 1 aromatic heterocycles. The van der Waals surface area contributed by atoms with Gasteiger partial charge >= 0.3 is 0 Å². The zero-order valence-electron chi connectivity index (χ0n) is 6.51. The summed E-state index contributed by atoms with van der Waals surface area (Å²) < 4.78 is 0. The van der Waals surface area contributed by atoms with Gasteiger partial charge in [0.2, 0.25) is 0 Å². The van der Waals surface area contributed by atoms with E-state index in [-0.39, 0.29) is 5.41 Å². The molecule has 2 heteroatoms. The lowest BCUT2D eigenvalue weighted by atomic mass is 9.89. The van der Waals surface area contributed by atoms with Crippen molar-refractivity contribution in [2.24, 2.45) is 0 Å². The highest BCUT2D eigenvalue weighted by molar-refractivity contribution is 7.11. The molecule has 0 unspecified atom stereocenters. The molecular weight excluding hydrogens is 144 g/mol. The third-order valence-electron chi connectivity index (χ3n) is 1.45. The van der Waals surface area contributed by atoms with Gasteiger partial charge in [0.15, 0.2) is 5.06 Å². The Morgan fingerprint density at radius 3 is 2.20 bits per heavy atom. The van der Waals surface area contributed by atoms with Gasteiger partial charge in [0, 0.05) is 5.56 Å². The first-order valence-corrected chi connectivity index (χ1v) is 4.17. The molecule has 0 spiro atoms. The minimum Gasteiger partial charge on any atom is -0.499 e. The van der Waals surface area contributed by atoms with Crippen LogP contribution in [0.15, 0.2) is 11.4 Å². The van der Waals surface area contributed by atoms with Crippen molar-refractivity contribution in [1.82, 2.24) is 0 Å². The smallest absolute Gasteiger partial charge is 0.174 e. The van der Waals surface area contributed by atoms with Crippen molar-refractivity contribution < 1.29 is 5.11 Å². The van der Waals surface area contributed by atoms with E-state index in [1.165, 1.54) is 11.3 Å². The molecule has 1 rings (SSSR count). The molecule has 10 heavy (non-hydrogen) atoms. The average molecular weight is 156 g/mol. The average Bonchev–Trinajstić information content (AvgIpc) is 2.11. The van der Waals surface area contributed by atoms with Gasteiger partial charge in [-0.3, -0.25) is 0 Å². The lowest BCUT2D eigenvalue weighted by Crippen LogP contribution is -2.09. The predicted octanol–water partition coefficient (Wildman–Crippen LogP) is 2.75. The molecule has 0 fully saturated rings. The van der Waals surface area contributed by atoms with E-state index in [0.29, 0.717) is 5.06 Å². The fraction of sp³-hybridized carbons (Fsp3) is 0.500. The number of rotatable bonds is 0. The molecule has 0 aliphatic heterocycles. The third-order valence-corrected chi connectivity index (χ3v) is 2.17. The van der Waals surface area contributed by atoms with Gasteiger partial charge < -0.3 is 5.11 Å². The highest BCUT2D eigenvalue weighted by Gasteiger charge is 2.17. The van der Waals surface area contributed by atoms with Crippen molar-refractivity contribution in [1.29, 1.82) is 0 Å². The van der Waals surface area contributed by atoms with Crippen molar-refractivity contribution in [3.8, 4) is 5.06 Å². The van der Waals surface area contributed by atoms with E-state index in [1.54, 1.807) is 0 Å². The Bertz CT molecular complexity index is 219. The van der Waals surface area contributed by atoms with Crippen LogP contribution in [0.1, 0.15) is 26.3 Å². The SMILES string of the molecule is CC(C)(C)c1ccsc1O. The molecule has 0 amide bonds. The summed E-state index contributed by atoms with van der Waals surface area (Å²) in [5.41, 5.74) is 1.11. The van der Waals surface area contributed by atoms with Gasteiger partial charge in [-0.15, -0.1) is 11.3 Å². The van der Waals surface area contributed by atoms with Gasteiger partial charge in [0.1, 0.15) is 0 Å². The zero-order chi connectivity index (χ0) is 7.78. The lowest BCUT2D eigenvalue weighted by Gasteiger charge is -2.16. The Morgan fingerprint density at radius 2 is 2.00 bits per heavy atom. The van der Waals surface area contributed by atoms with Crippen LogP contribution in [-0.2, 0) is 5.41 Å². The van der Waals surface area contributed by atoms with Crippen molar-refractivity contribution in [2.75, 3.05) is 0 Å². The number of hydrogen-bond acceptors (Lipinski definition) is 2. The molecule has 1 heterocycles. The number of aromatic hydroxyl groups is 1. The quantitative estimate of drug-likeness (QED) is 0.612. The first kappa shape index (κ1) is 7.61. The summed E-state index contributed by atoms with van der Waals surface area (Å²) in [6, 6.07) is 1.97. The lowest BCUT2D eigenvalue weighted by molar-refractivity contribution is 0.462. The molecule has 56 valence electrons. The van der Waals surface area contributed by atoms with E-state index in [4.69, 9.17) is 0 Å². The molecular formula is C8H12OS. The summed E-state index contributed by atoms with van der Waals surface area (Å²) in [6.07, 6.45) is 0. The van der Waals surface area contributed by atoms with Crippen molar-refractivity contribution in [3.05, 3.63) is 17.0 Å². The van der Waals surface area contributed by atoms with Crippen LogP contribution < -0.4 is 0 Å². The van der Waals surface area contributed by atoms with Crippen LogP contribution in [0.2, 0.25) is 0 Å². The van der Waals surface area contributed by atoms with E-state index < -0.39 is 0 Å². The Labute approximate surface area is 65.3 Å². The summed E-state index contributed by atoms with van der Waals surface area (Å²) in [6.45, 7) is 6.28. The highest BCUT2D eigenvalue weighted by Crippen LogP contribution is 2.34. The Balaban J connectivity index is 3.05. The maximum Gasteiger partial charge on any atom is 0.174 e. The normalized spacial score (nSPS) is 11.9. The van der Waals surface area contributed by atoms with Crippen molar-refractivity contribution >= 4 is 11.3 Å².